The van der Waals surface area contributed by atoms with Crippen LogP contribution in [0.3, 0.4) is 0 Å². The fourth-order valence-corrected chi connectivity index (χ4v) is 2.89. The third kappa shape index (κ3) is 6.20. The lowest BCUT2D eigenvalue weighted by molar-refractivity contribution is 0.198. The molecule has 0 atom stereocenters. The van der Waals surface area contributed by atoms with Gasteiger partial charge in [-0.05, 0) is 55.5 Å². The van der Waals surface area contributed by atoms with Crippen LogP contribution in [0.5, 0.6) is 5.75 Å². The van der Waals surface area contributed by atoms with Gasteiger partial charge in [0, 0.05) is 18.0 Å². The number of unbranched alkanes of at least 4 members (excludes halogenated alkanes) is 1. The molecule has 4 nitrogen and oxygen atoms in total. The Morgan fingerprint density at radius 3 is 2.71 bits per heavy atom. The van der Waals surface area contributed by atoms with Crippen molar-refractivity contribution in [3.05, 3.63) is 52.5 Å². The van der Waals surface area contributed by atoms with Crippen molar-refractivity contribution in [1.29, 1.82) is 0 Å². The highest BCUT2D eigenvalue weighted by Gasteiger charge is 2.11. The van der Waals surface area contributed by atoms with Crippen LogP contribution in [0.1, 0.15) is 24.6 Å². The molecular weight excluding hydrogens is 327 g/mol. The molecule has 6 heteroatoms. The summed E-state index contributed by atoms with van der Waals surface area (Å²) in [6.45, 7) is 4.47. The van der Waals surface area contributed by atoms with E-state index in [-0.39, 0.29) is 11.8 Å². The lowest BCUT2D eigenvalue weighted by Crippen LogP contribution is -2.39. The molecule has 2 rings (SSSR count). The predicted molar refractivity (Wildman–Crippen MR) is 94.9 cm³/mol. The average molecular weight is 350 g/mol. The first-order valence-electron chi connectivity index (χ1n) is 8.12. The molecule has 0 saturated heterocycles. The van der Waals surface area contributed by atoms with Crippen molar-refractivity contribution in [3.63, 3.8) is 0 Å². The molecule has 1 aromatic carbocycles. The number of halogens is 1. The minimum absolute atomic E-state index is 0.0367. The van der Waals surface area contributed by atoms with E-state index in [1.54, 1.807) is 28.4 Å². The average Bonchev–Trinajstić information content (AvgIpc) is 3.10. The molecule has 0 unspecified atom stereocenters. The molecule has 0 fully saturated rings. The summed E-state index contributed by atoms with van der Waals surface area (Å²) in [5, 5.41) is 4.95. The molecule has 2 aromatic rings. The molecule has 130 valence electrons. The Kier molecular flexibility index (Phi) is 7.55. The molecule has 1 heterocycles. The molecule has 0 aliphatic carbocycles. The molecule has 1 aromatic heterocycles. The molecular formula is C18H23FN2O2S. The second-order valence-corrected chi connectivity index (χ2v) is 6.37. The summed E-state index contributed by atoms with van der Waals surface area (Å²) < 4.78 is 18.3. The Hall–Kier alpha value is -2.08. The third-order valence-corrected chi connectivity index (χ3v) is 4.39. The van der Waals surface area contributed by atoms with Crippen LogP contribution in [0, 0.1) is 5.82 Å². The Morgan fingerprint density at radius 1 is 1.25 bits per heavy atom. The summed E-state index contributed by atoms with van der Waals surface area (Å²) in [6, 6.07) is 9.97. The minimum atomic E-state index is -0.270. The molecule has 0 aliphatic rings. The van der Waals surface area contributed by atoms with Crippen molar-refractivity contribution >= 4 is 17.4 Å². The largest absolute Gasteiger partial charge is 0.494 e. The van der Waals surface area contributed by atoms with Crippen LogP contribution in [-0.4, -0.2) is 30.6 Å². The van der Waals surface area contributed by atoms with Gasteiger partial charge in [0.05, 0.1) is 13.2 Å². The molecule has 2 amide bonds. The molecule has 0 spiro atoms. The fourth-order valence-electron chi connectivity index (χ4n) is 2.17. The van der Waals surface area contributed by atoms with Gasteiger partial charge in [-0.1, -0.05) is 6.07 Å². The van der Waals surface area contributed by atoms with Crippen LogP contribution in [0.2, 0.25) is 0 Å². The van der Waals surface area contributed by atoms with Gasteiger partial charge in [0.1, 0.15) is 11.6 Å². The van der Waals surface area contributed by atoms with Crippen LogP contribution in [-0.2, 0) is 6.54 Å². The maximum Gasteiger partial charge on any atom is 0.317 e. The number of ether oxygens (including phenoxy) is 1. The summed E-state index contributed by atoms with van der Waals surface area (Å²) in [5.41, 5.74) is 0. The van der Waals surface area contributed by atoms with Gasteiger partial charge in [-0.3, -0.25) is 0 Å². The Labute approximate surface area is 146 Å². The highest BCUT2D eigenvalue weighted by molar-refractivity contribution is 7.09. The number of nitrogens with one attached hydrogen (secondary N) is 1. The highest BCUT2D eigenvalue weighted by Crippen LogP contribution is 2.12. The first kappa shape index (κ1) is 18.3. The Balaban J connectivity index is 1.59. The smallest absolute Gasteiger partial charge is 0.317 e. The summed E-state index contributed by atoms with van der Waals surface area (Å²) >= 11 is 1.66. The number of hydrogen-bond acceptors (Lipinski definition) is 3. The number of rotatable bonds is 9. The van der Waals surface area contributed by atoms with Crippen LogP contribution >= 0.6 is 11.3 Å². The minimum Gasteiger partial charge on any atom is -0.494 e. The standard InChI is InChI=1S/C18H23FN2O2S/c1-2-21(14-17-6-5-13-24-17)18(22)20-11-3-4-12-23-16-9-7-15(19)8-10-16/h5-10,13H,2-4,11-12,14H2,1H3,(H,20,22). The maximum atomic E-state index is 12.8. The second kappa shape index (κ2) is 9.93. The van der Waals surface area contributed by atoms with E-state index in [0.717, 1.165) is 12.8 Å². The monoisotopic (exact) mass is 350 g/mol. The van der Waals surface area contributed by atoms with Gasteiger partial charge in [-0.15, -0.1) is 11.3 Å². The zero-order valence-electron chi connectivity index (χ0n) is 13.8. The van der Waals surface area contributed by atoms with E-state index in [4.69, 9.17) is 4.74 Å². The molecule has 0 aliphatic heterocycles. The lowest BCUT2D eigenvalue weighted by atomic mass is 10.3. The van der Waals surface area contributed by atoms with Crippen LogP contribution in [0.15, 0.2) is 41.8 Å². The van der Waals surface area contributed by atoms with Crippen molar-refractivity contribution in [2.45, 2.75) is 26.3 Å². The van der Waals surface area contributed by atoms with Gasteiger partial charge >= 0.3 is 6.03 Å². The SMILES string of the molecule is CCN(Cc1cccs1)C(=O)NCCCCOc1ccc(F)cc1. The van der Waals surface area contributed by atoms with Crippen LogP contribution in [0.4, 0.5) is 9.18 Å². The number of nitrogens with zero attached hydrogens (tertiary/aromatic N) is 1. The third-order valence-electron chi connectivity index (χ3n) is 3.53. The molecule has 1 N–H and O–H groups in total. The van der Waals surface area contributed by atoms with Crippen LogP contribution in [0.25, 0.3) is 0 Å². The molecule has 0 bridgehead atoms. The van der Waals surface area contributed by atoms with E-state index in [9.17, 15) is 9.18 Å². The fraction of sp³-hybridized carbons (Fsp3) is 0.389. The van der Waals surface area contributed by atoms with E-state index < -0.39 is 0 Å². The van der Waals surface area contributed by atoms with E-state index in [0.29, 0.717) is 32.0 Å². The van der Waals surface area contributed by atoms with E-state index >= 15 is 0 Å². The Morgan fingerprint density at radius 2 is 2.04 bits per heavy atom. The maximum absolute atomic E-state index is 12.8. The van der Waals surface area contributed by atoms with Crippen molar-refractivity contribution in [2.24, 2.45) is 0 Å². The topological polar surface area (TPSA) is 41.6 Å². The summed E-state index contributed by atoms with van der Waals surface area (Å²) in [5.74, 6) is 0.390. The number of hydrogen-bond donors (Lipinski definition) is 1. The molecule has 0 saturated carbocycles. The van der Waals surface area contributed by atoms with Crippen LogP contribution < -0.4 is 10.1 Å². The number of carbonyl (C=O) groups excluding carboxylic acids is 1. The number of carbonyl (C=O) groups is 1. The molecule has 0 radical (unpaired) electrons. The van der Waals surface area contributed by atoms with Gasteiger partial charge in [0.2, 0.25) is 0 Å². The highest BCUT2D eigenvalue weighted by atomic mass is 32.1. The number of benzene rings is 1. The molecule has 24 heavy (non-hydrogen) atoms. The normalized spacial score (nSPS) is 10.4. The lowest BCUT2D eigenvalue weighted by Gasteiger charge is -2.20. The predicted octanol–water partition coefficient (Wildman–Crippen LogP) is 4.28. The van der Waals surface area contributed by atoms with Gasteiger partial charge < -0.3 is 15.0 Å². The quantitative estimate of drug-likeness (QED) is 0.686. The Bertz CT molecular complexity index is 602. The number of thiophene rings is 1. The summed E-state index contributed by atoms with van der Waals surface area (Å²) in [4.78, 5) is 15.1. The van der Waals surface area contributed by atoms with Crippen molar-refractivity contribution in [3.8, 4) is 5.75 Å². The first-order chi connectivity index (χ1) is 11.7. The van der Waals surface area contributed by atoms with Crippen molar-refractivity contribution < 1.29 is 13.9 Å². The second-order valence-electron chi connectivity index (χ2n) is 5.33. The van der Waals surface area contributed by atoms with Gasteiger partial charge in [0.25, 0.3) is 0 Å². The zero-order valence-corrected chi connectivity index (χ0v) is 14.7. The first-order valence-corrected chi connectivity index (χ1v) is 9.00. The van der Waals surface area contributed by atoms with Gasteiger partial charge in [-0.2, -0.15) is 0 Å². The van der Waals surface area contributed by atoms with E-state index in [2.05, 4.69) is 5.32 Å². The van der Waals surface area contributed by atoms with Gasteiger partial charge in [-0.25, -0.2) is 9.18 Å². The van der Waals surface area contributed by atoms with Gasteiger partial charge in [0.15, 0.2) is 0 Å². The number of urea groups is 1. The van der Waals surface area contributed by atoms with E-state index in [1.165, 1.54) is 17.0 Å². The van der Waals surface area contributed by atoms with Crippen molar-refractivity contribution in [1.82, 2.24) is 10.2 Å². The zero-order chi connectivity index (χ0) is 17.2. The van der Waals surface area contributed by atoms with E-state index in [1.807, 2.05) is 24.4 Å². The van der Waals surface area contributed by atoms with Crippen molar-refractivity contribution in [2.75, 3.05) is 19.7 Å². The summed E-state index contributed by atoms with van der Waals surface area (Å²) in [6.07, 6.45) is 1.66. The number of amides is 2. The summed E-state index contributed by atoms with van der Waals surface area (Å²) in [7, 11) is 0.